The van der Waals surface area contributed by atoms with E-state index in [2.05, 4.69) is 41.5 Å². The van der Waals surface area contributed by atoms with Crippen molar-refractivity contribution in [3.05, 3.63) is 0 Å². The van der Waals surface area contributed by atoms with E-state index in [0.717, 1.165) is 41.4 Å². The van der Waals surface area contributed by atoms with Crippen molar-refractivity contribution in [2.24, 2.45) is 63.6 Å². The Kier molecular flexibility index (Phi) is 4.67. The minimum Gasteiger partial charge on any atom is -0.381 e. The molecule has 1 saturated heterocycles. The normalized spacial score (nSPS) is 58.8. The van der Waals surface area contributed by atoms with E-state index >= 15 is 0 Å². The molecule has 5 aliphatic carbocycles. The van der Waals surface area contributed by atoms with Gasteiger partial charge in [0.1, 0.15) is 0 Å². The van der Waals surface area contributed by atoms with Gasteiger partial charge in [-0.15, -0.1) is 0 Å². The molecule has 6 rings (SSSR count). The molecule has 6 fully saturated rings. The Labute approximate surface area is 191 Å². The maximum Gasteiger partial charge on any atom is 0.0873 e. The molecule has 0 amide bonds. The molecule has 0 N–H and O–H groups in total. The lowest BCUT2D eigenvalue weighted by atomic mass is 9.45. The summed E-state index contributed by atoms with van der Waals surface area (Å²) in [5.41, 5.74) is 1.65. The van der Waals surface area contributed by atoms with Crippen molar-refractivity contribution in [3.8, 4) is 0 Å². The molecule has 0 unspecified atom stereocenters. The lowest BCUT2D eigenvalue weighted by molar-refractivity contribution is -0.161. The van der Waals surface area contributed by atoms with Gasteiger partial charge in [0.2, 0.25) is 0 Å². The van der Waals surface area contributed by atoms with Crippen molar-refractivity contribution in [2.75, 3.05) is 7.11 Å². The largest absolute Gasteiger partial charge is 0.381 e. The van der Waals surface area contributed by atoms with Gasteiger partial charge in [0, 0.05) is 12.5 Å². The van der Waals surface area contributed by atoms with Gasteiger partial charge in [-0.05, 0) is 110 Å². The zero-order valence-electron chi connectivity index (χ0n) is 21.3. The van der Waals surface area contributed by atoms with E-state index < -0.39 is 0 Å². The van der Waals surface area contributed by atoms with Crippen molar-refractivity contribution in [3.63, 3.8) is 0 Å². The summed E-state index contributed by atoms with van der Waals surface area (Å²) >= 11 is 0. The summed E-state index contributed by atoms with van der Waals surface area (Å²) in [6, 6.07) is 0. The van der Waals surface area contributed by atoms with Gasteiger partial charge in [0.05, 0.1) is 18.3 Å². The summed E-state index contributed by atoms with van der Waals surface area (Å²) in [5, 5.41) is 0. The average molecular weight is 429 g/mol. The number of methoxy groups -OCH3 is 1. The molecule has 0 radical (unpaired) electrons. The fourth-order valence-corrected chi connectivity index (χ4v) is 11.1. The molecule has 6 aliphatic rings. The molecule has 2 nitrogen and oxygen atoms in total. The number of fused-ring (bicyclic) bond motifs is 4. The topological polar surface area (TPSA) is 21.8 Å². The highest BCUT2D eigenvalue weighted by atomic mass is 16.6. The van der Waals surface area contributed by atoms with Gasteiger partial charge in [-0.25, -0.2) is 0 Å². The fourth-order valence-electron chi connectivity index (χ4n) is 11.1. The van der Waals surface area contributed by atoms with Crippen LogP contribution in [0.2, 0.25) is 0 Å². The summed E-state index contributed by atoms with van der Waals surface area (Å²) in [4.78, 5) is 0. The second-order valence-electron chi connectivity index (χ2n) is 14.0. The molecule has 0 aromatic carbocycles. The fraction of sp³-hybridized carbons (Fsp3) is 1.00. The number of hydrogen-bond acceptors (Lipinski definition) is 2. The third-order valence-electron chi connectivity index (χ3n) is 13.2. The molecule has 31 heavy (non-hydrogen) atoms. The van der Waals surface area contributed by atoms with Crippen LogP contribution in [0.1, 0.15) is 92.9 Å². The number of epoxide rings is 1. The quantitative estimate of drug-likeness (QED) is 0.441. The molecule has 2 heteroatoms. The molecular formula is C29H48O2. The third kappa shape index (κ3) is 2.59. The number of rotatable bonds is 5. The van der Waals surface area contributed by atoms with Gasteiger partial charge in [-0.1, -0.05) is 41.5 Å². The predicted octanol–water partition coefficient (Wildman–Crippen LogP) is 6.97. The van der Waals surface area contributed by atoms with Crippen molar-refractivity contribution in [1.82, 2.24) is 0 Å². The molecule has 1 heterocycles. The van der Waals surface area contributed by atoms with E-state index in [9.17, 15) is 0 Å². The molecule has 0 aromatic rings. The molecule has 5 saturated carbocycles. The minimum atomic E-state index is 0.519. The summed E-state index contributed by atoms with van der Waals surface area (Å²) < 4.78 is 12.7. The van der Waals surface area contributed by atoms with E-state index in [1.807, 2.05) is 7.11 Å². The van der Waals surface area contributed by atoms with Crippen LogP contribution < -0.4 is 0 Å². The second-order valence-corrected chi connectivity index (χ2v) is 14.0. The van der Waals surface area contributed by atoms with Crippen LogP contribution in [0, 0.1) is 63.6 Å². The Morgan fingerprint density at radius 2 is 1.68 bits per heavy atom. The Balaban J connectivity index is 1.24. The molecule has 13 atom stereocenters. The van der Waals surface area contributed by atoms with Crippen molar-refractivity contribution >= 4 is 0 Å². The van der Waals surface area contributed by atoms with Crippen LogP contribution in [0.25, 0.3) is 0 Å². The summed E-state index contributed by atoms with van der Waals surface area (Å²) in [5.74, 6) is 6.77. The van der Waals surface area contributed by atoms with Gasteiger partial charge in [0.15, 0.2) is 0 Å². The Bertz CT molecular complexity index is 732. The molecular weight excluding hydrogens is 380 g/mol. The lowest BCUT2D eigenvalue weighted by Crippen LogP contribution is -2.57. The molecule has 1 aliphatic heterocycles. The summed E-state index contributed by atoms with van der Waals surface area (Å²) in [6.07, 6.45) is 13.2. The van der Waals surface area contributed by atoms with E-state index in [4.69, 9.17) is 9.47 Å². The summed E-state index contributed by atoms with van der Waals surface area (Å²) in [7, 11) is 2.02. The third-order valence-corrected chi connectivity index (χ3v) is 13.2. The Morgan fingerprint density at radius 1 is 0.903 bits per heavy atom. The van der Waals surface area contributed by atoms with Crippen LogP contribution in [0.5, 0.6) is 0 Å². The van der Waals surface area contributed by atoms with Gasteiger partial charge >= 0.3 is 0 Å². The van der Waals surface area contributed by atoms with E-state index in [0.29, 0.717) is 40.5 Å². The van der Waals surface area contributed by atoms with Crippen molar-refractivity contribution < 1.29 is 9.47 Å². The van der Waals surface area contributed by atoms with Crippen LogP contribution >= 0.6 is 0 Å². The maximum atomic E-state index is 6.35. The Hall–Kier alpha value is -0.0800. The van der Waals surface area contributed by atoms with Gasteiger partial charge in [0.25, 0.3) is 0 Å². The zero-order chi connectivity index (χ0) is 21.9. The highest BCUT2D eigenvalue weighted by molar-refractivity contribution is 5.26. The number of hydrogen-bond donors (Lipinski definition) is 0. The first-order valence-corrected chi connectivity index (χ1v) is 13.9. The number of ether oxygens (including phenoxy) is 2. The molecule has 1 spiro atoms. The predicted molar refractivity (Wildman–Crippen MR) is 126 cm³/mol. The molecule has 0 aromatic heterocycles. The first kappa shape index (κ1) is 21.5. The zero-order valence-corrected chi connectivity index (χ0v) is 21.3. The first-order chi connectivity index (χ1) is 14.7. The first-order valence-electron chi connectivity index (χ1n) is 13.9. The van der Waals surface area contributed by atoms with Crippen molar-refractivity contribution in [1.29, 1.82) is 0 Å². The van der Waals surface area contributed by atoms with E-state index in [1.165, 1.54) is 51.4 Å². The second kappa shape index (κ2) is 6.74. The van der Waals surface area contributed by atoms with Gasteiger partial charge in [-0.3, -0.25) is 0 Å². The average Bonchev–Trinajstić information content (AvgIpc) is 3.62. The van der Waals surface area contributed by atoms with Crippen LogP contribution in [0.4, 0.5) is 0 Å². The van der Waals surface area contributed by atoms with Crippen LogP contribution in [0.3, 0.4) is 0 Å². The summed E-state index contributed by atoms with van der Waals surface area (Å²) in [6.45, 7) is 15.1. The van der Waals surface area contributed by atoms with E-state index in [1.54, 1.807) is 0 Å². The maximum absolute atomic E-state index is 6.35. The highest BCUT2D eigenvalue weighted by Gasteiger charge is 2.77. The smallest absolute Gasteiger partial charge is 0.0873 e. The lowest BCUT2D eigenvalue weighted by Gasteiger charge is -2.61. The van der Waals surface area contributed by atoms with E-state index in [-0.39, 0.29) is 0 Å². The van der Waals surface area contributed by atoms with Crippen LogP contribution in [-0.4, -0.2) is 25.4 Å². The standard InChI is InChI=1S/C29H48O2/c1-16(2)17(3)25-26(31-25)18(4)21-8-9-22-20-14-24(30-7)29-15-19(29)10-13-28(29,6)23(20)11-12-27(21,22)5/h16-26H,8-15H2,1-7H3/t17-,18+,19-,20+,21-,22+,23+,24-,25+,26+,27-,28-,29+/m1/s1. The Morgan fingerprint density at radius 3 is 2.35 bits per heavy atom. The van der Waals surface area contributed by atoms with Crippen molar-refractivity contribution in [2.45, 2.75) is 111 Å². The van der Waals surface area contributed by atoms with Crippen LogP contribution in [0.15, 0.2) is 0 Å². The molecule has 176 valence electrons. The monoisotopic (exact) mass is 428 g/mol. The SMILES string of the molecule is CO[C@@H]1C[C@H]2[C@@H]3CC[C@H]([C@H](C)[C@@H]4O[C@H]4[C@H](C)C(C)C)[C@@]3(C)CC[C@@H]2[C@@]2(C)CC[C@@H]3C[C@]312. The molecule has 0 bridgehead atoms. The highest BCUT2D eigenvalue weighted by Crippen LogP contribution is 2.82. The minimum absolute atomic E-state index is 0.519. The van der Waals surface area contributed by atoms with Gasteiger partial charge in [-0.2, -0.15) is 0 Å². The van der Waals surface area contributed by atoms with Crippen LogP contribution in [-0.2, 0) is 9.47 Å². The van der Waals surface area contributed by atoms with Gasteiger partial charge < -0.3 is 9.47 Å².